The molecule has 1 saturated heterocycles. The van der Waals surface area contributed by atoms with E-state index in [1.54, 1.807) is 11.3 Å². The van der Waals surface area contributed by atoms with Crippen LogP contribution in [0.3, 0.4) is 0 Å². The molecule has 19 heavy (non-hydrogen) atoms. The number of hydrogen-bond donors (Lipinski definition) is 1. The molecule has 0 spiro atoms. The summed E-state index contributed by atoms with van der Waals surface area (Å²) in [5.41, 5.74) is 0. The Balaban J connectivity index is 1.90. The molecule has 2 heterocycles. The largest absolute Gasteiger partial charge is 0.337 e. The third-order valence-electron chi connectivity index (χ3n) is 3.72. The van der Waals surface area contributed by atoms with Crippen LogP contribution in [0.25, 0.3) is 0 Å². The summed E-state index contributed by atoms with van der Waals surface area (Å²) in [6.45, 7) is 8.63. The lowest BCUT2D eigenvalue weighted by atomic mass is 10.2. The van der Waals surface area contributed by atoms with E-state index in [9.17, 15) is 4.79 Å². The third kappa shape index (κ3) is 3.78. The van der Waals surface area contributed by atoms with Gasteiger partial charge in [-0.15, -0.1) is 11.3 Å². The minimum Gasteiger partial charge on any atom is -0.337 e. The monoisotopic (exact) mass is 281 g/mol. The van der Waals surface area contributed by atoms with Crippen molar-refractivity contribution in [2.75, 3.05) is 39.8 Å². The van der Waals surface area contributed by atoms with Gasteiger partial charge in [0.05, 0.1) is 12.6 Å². The van der Waals surface area contributed by atoms with Crippen molar-refractivity contribution in [1.29, 1.82) is 0 Å². The summed E-state index contributed by atoms with van der Waals surface area (Å²) >= 11 is 1.77. The van der Waals surface area contributed by atoms with Crippen molar-refractivity contribution in [3.05, 3.63) is 21.9 Å². The minimum atomic E-state index is 0.161. The molecular formula is C14H23N3OS. The summed E-state index contributed by atoms with van der Waals surface area (Å²) in [5, 5.41) is 3.30. The van der Waals surface area contributed by atoms with Gasteiger partial charge in [0.15, 0.2) is 0 Å². The molecule has 0 saturated carbocycles. The summed E-state index contributed by atoms with van der Waals surface area (Å²) in [6.07, 6.45) is 0. The summed E-state index contributed by atoms with van der Waals surface area (Å²) in [4.78, 5) is 18.9. The van der Waals surface area contributed by atoms with Crippen LogP contribution in [0, 0.1) is 6.92 Å². The van der Waals surface area contributed by atoms with Crippen LogP contribution in [0.1, 0.15) is 22.7 Å². The van der Waals surface area contributed by atoms with Gasteiger partial charge in [-0.3, -0.25) is 9.69 Å². The van der Waals surface area contributed by atoms with Crippen molar-refractivity contribution < 1.29 is 4.79 Å². The highest BCUT2D eigenvalue weighted by atomic mass is 32.1. The van der Waals surface area contributed by atoms with E-state index >= 15 is 0 Å². The van der Waals surface area contributed by atoms with E-state index in [0.29, 0.717) is 6.54 Å². The Morgan fingerprint density at radius 3 is 2.74 bits per heavy atom. The van der Waals surface area contributed by atoms with Crippen LogP contribution in [-0.4, -0.2) is 55.5 Å². The Hall–Kier alpha value is -0.910. The molecule has 1 aromatic rings. The Bertz CT molecular complexity index is 426. The first kappa shape index (κ1) is 14.5. The summed E-state index contributed by atoms with van der Waals surface area (Å²) in [7, 11) is 1.91. The van der Waals surface area contributed by atoms with Crippen LogP contribution in [0.2, 0.25) is 0 Å². The SMILES string of the molecule is Cc1ccc(C(C)N(C)C(=O)CN2CCNCC2)s1. The number of carbonyl (C=O) groups is 1. The van der Waals surface area contributed by atoms with Crippen molar-refractivity contribution in [2.24, 2.45) is 0 Å². The highest BCUT2D eigenvalue weighted by Gasteiger charge is 2.21. The topological polar surface area (TPSA) is 35.6 Å². The van der Waals surface area contributed by atoms with Gasteiger partial charge in [0, 0.05) is 43.0 Å². The van der Waals surface area contributed by atoms with Gasteiger partial charge in [-0.2, -0.15) is 0 Å². The van der Waals surface area contributed by atoms with E-state index < -0.39 is 0 Å². The van der Waals surface area contributed by atoms with E-state index in [1.165, 1.54) is 9.75 Å². The lowest BCUT2D eigenvalue weighted by Gasteiger charge is -2.30. The number of nitrogens with zero attached hydrogens (tertiary/aromatic N) is 2. The number of likely N-dealkylation sites (N-methyl/N-ethyl adjacent to an activating group) is 1. The Labute approximate surface area is 119 Å². The number of aryl methyl sites for hydroxylation is 1. The fourth-order valence-corrected chi connectivity index (χ4v) is 3.23. The van der Waals surface area contributed by atoms with Crippen LogP contribution < -0.4 is 5.32 Å². The summed E-state index contributed by atoms with van der Waals surface area (Å²) in [5.74, 6) is 0.209. The maximum atomic E-state index is 12.3. The third-order valence-corrected chi connectivity index (χ3v) is 4.89. The Kier molecular flexibility index (Phi) is 4.96. The second-order valence-corrected chi connectivity index (χ2v) is 6.47. The van der Waals surface area contributed by atoms with Crippen molar-refractivity contribution in [2.45, 2.75) is 19.9 Å². The van der Waals surface area contributed by atoms with Crippen LogP contribution in [-0.2, 0) is 4.79 Å². The molecule has 0 aromatic carbocycles. The lowest BCUT2D eigenvalue weighted by molar-refractivity contribution is -0.133. The molecule has 0 radical (unpaired) electrons. The highest BCUT2D eigenvalue weighted by Crippen LogP contribution is 2.26. The van der Waals surface area contributed by atoms with E-state index in [-0.39, 0.29) is 11.9 Å². The van der Waals surface area contributed by atoms with Gasteiger partial charge in [-0.05, 0) is 26.0 Å². The highest BCUT2D eigenvalue weighted by molar-refractivity contribution is 7.12. The standard InChI is InChI=1S/C14H23N3OS/c1-11-4-5-13(19-11)12(2)16(3)14(18)10-17-8-6-15-7-9-17/h4-5,12,15H,6-10H2,1-3H3. The molecule has 1 aliphatic rings. The first-order valence-electron chi connectivity index (χ1n) is 6.83. The molecule has 0 aliphatic carbocycles. The molecule has 1 atom stereocenters. The molecule has 2 rings (SSSR count). The normalized spacial score (nSPS) is 18.3. The zero-order valence-corrected chi connectivity index (χ0v) is 12.8. The first-order valence-corrected chi connectivity index (χ1v) is 7.64. The molecule has 1 amide bonds. The van der Waals surface area contributed by atoms with Gasteiger partial charge >= 0.3 is 0 Å². The van der Waals surface area contributed by atoms with E-state index in [2.05, 4.69) is 36.2 Å². The zero-order valence-electron chi connectivity index (χ0n) is 12.0. The maximum Gasteiger partial charge on any atom is 0.237 e. The summed E-state index contributed by atoms with van der Waals surface area (Å²) in [6, 6.07) is 4.40. The molecule has 1 aromatic heterocycles. The van der Waals surface area contributed by atoms with Crippen molar-refractivity contribution in [3.8, 4) is 0 Å². The molecule has 1 N–H and O–H groups in total. The quantitative estimate of drug-likeness (QED) is 0.908. The van der Waals surface area contributed by atoms with Crippen molar-refractivity contribution >= 4 is 17.2 Å². The second-order valence-electron chi connectivity index (χ2n) is 5.16. The van der Waals surface area contributed by atoms with Gasteiger partial charge in [0.2, 0.25) is 5.91 Å². The van der Waals surface area contributed by atoms with Crippen molar-refractivity contribution in [1.82, 2.24) is 15.1 Å². The number of carbonyl (C=O) groups excluding carboxylic acids is 1. The molecule has 106 valence electrons. The molecule has 4 nitrogen and oxygen atoms in total. The van der Waals surface area contributed by atoms with Crippen molar-refractivity contribution in [3.63, 3.8) is 0 Å². The van der Waals surface area contributed by atoms with Crippen LogP contribution in [0.15, 0.2) is 12.1 Å². The number of amides is 1. The Morgan fingerprint density at radius 1 is 1.47 bits per heavy atom. The van der Waals surface area contributed by atoms with Crippen LogP contribution in [0.4, 0.5) is 0 Å². The average Bonchev–Trinajstić information content (AvgIpc) is 2.85. The van der Waals surface area contributed by atoms with Crippen LogP contribution in [0.5, 0.6) is 0 Å². The smallest absolute Gasteiger partial charge is 0.237 e. The molecule has 1 aliphatic heterocycles. The number of rotatable bonds is 4. The van der Waals surface area contributed by atoms with Gasteiger partial charge < -0.3 is 10.2 Å². The lowest BCUT2D eigenvalue weighted by Crippen LogP contribution is -2.48. The fourth-order valence-electron chi connectivity index (χ4n) is 2.26. The maximum absolute atomic E-state index is 12.3. The molecule has 1 unspecified atom stereocenters. The van der Waals surface area contributed by atoms with E-state index in [4.69, 9.17) is 0 Å². The fraction of sp³-hybridized carbons (Fsp3) is 0.643. The Morgan fingerprint density at radius 2 is 2.16 bits per heavy atom. The van der Waals surface area contributed by atoms with Gasteiger partial charge in [0.25, 0.3) is 0 Å². The number of nitrogens with one attached hydrogen (secondary N) is 1. The van der Waals surface area contributed by atoms with E-state index in [1.807, 2.05) is 11.9 Å². The van der Waals surface area contributed by atoms with Crippen LogP contribution >= 0.6 is 11.3 Å². The predicted octanol–water partition coefficient (Wildman–Crippen LogP) is 1.48. The van der Waals surface area contributed by atoms with Gasteiger partial charge in [-0.25, -0.2) is 0 Å². The zero-order chi connectivity index (χ0) is 13.8. The first-order chi connectivity index (χ1) is 9.08. The minimum absolute atomic E-state index is 0.161. The predicted molar refractivity (Wildman–Crippen MR) is 79.6 cm³/mol. The summed E-state index contributed by atoms with van der Waals surface area (Å²) < 4.78 is 0. The molecular weight excluding hydrogens is 258 g/mol. The second kappa shape index (κ2) is 6.50. The molecule has 5 heteroatoms. The number of hydrogen-bond acceptors (Lipinski definition) is 4. The van der Waals surface area contributed by atoms with E-state index in [0.717, 1.165) is 26.2 Å². The molecule has 1 fully saturated rings. The molecule has 0 bridgehead atoms. The number of piperazine rings is 1. The number of thiophene rings is 1. The average molecular weight is 281 g/mol. The van der Waals surface area contributed by atoms with Gasteiger partial charge in [-0.1, -0.05) is 0 Å². The van der Waals surface area contributed by atoms with Gasteiger partial charge in [0.1, 0.15) is 0 Å².